The molecule has 28 heavy (non-hydrogen) atoms. The summed E-state index contributed by atoms with van der Waals surface area (Å²) in [5.41, 5.74) is 3.49. The van der Waals surface area contributed by atoms with Gasteiger partial charge in [-0.3, -0.25) is 4.79 Å². The van der Waals surface area contributed by atoms with E-state index in [-0.39, 0.29) is 12.6 Å². The zero-order valence-corrected chi connectivity index (χ0v) is 16.5. The van der Waals surface area contributed by atoms with E-state index in [0.717, 1.165) is 35.5 Å². The first-order chi connectivity index (χ1) is 13.6. The highest BCUT2D eigenvalue weighted by atomic mass is 16.5. The van der Waals surface area contributed by atoms with Crippen molar-refractivity contribution in [3.8, 4) is 11.5 Å². The summed E-state index contributed by atoms with van der Waals surface area (Å²) in [4.78, 5) is 12.6. The minimum absolute atomic E-state index is 0.161. The van der Waals surface area contributed by atoms with Crippen LogP contribution in [-0.4, -0.2) is 33.4 Å². The number of amides is 1. The number of carbonyl (C=O) groups is 1. The van der Waals surface area contributed by atoms with Gasteiger partial charge in [0.15, 0.2) is 12.5 Å². The van der Waals surface area contributed by atoms with E-state index in [9.17, 15) is 4.79 Å². The maximum absolute atomic E-state index is 12.6. The molecule has 0 saturated carbocycles. The van der Waals surface area contributed by atoms with Crippen LogP contribution < -0.4 is 20.1 Å². The number of benzene rings is 2. The van der Waals surface area contributed by atoms with Gasteiger partial charge >= 0.3 is 0 Å². The Morgan fingerprint density at radius 2 is 2.04 bits per heavy atom. The third-order valence-corrected chi connectivity index (χ3v) is 4.64. The molecule has 6 nitrogen and oxygen atoms in total. The van der Waals surface area contributed by atoms with Crippen molar-refractivity contribution in [2.75, 3.05) is 27.5 Å². The van der Waals surface area contributed by atoms with Gasteiger partial charge in [0.05, 0.1) is 14.2 Å². The van der Waals surface area contributed by atoms with E-state index in [1.807, 2.05) is 43.3 Å². The monoisotopic (exact) mass is 382 g/mol. The van der Waals surface area contributed by atoms with Gasteiger partial charge in [-0.1, -0.05) is 12.1 Å². The molecule has 1 amide bonds. The van der Waals surface area contributed by atoms with Crippen LogP contribution in [0.15, 0.2) is 48.2 Å². The molecule has 0 saturated heterocycles. The Kier molecular flexibility index (Phi) is 6.42. The highest BCUT2D eigenvalue weighted by molar-refractivity contribution is 6.00. The Morgan fingerprint density at radius 3 is 2.79 bits per heavy atom. The largest absolute Gasteiger partial charge is 0.497 e. The smallest absolute Gasteiger partial charge is 0.271 e. The van der Waals surface area contributed by atoms with Gasteiger partial charge in [0.1, 0.15) is 17.2 Å². The van der Waals surface area contributed by atoms with Crippen molar-refractivity contribution in [2.24, 2.45) is 0 Å². The Labute approximate surface area is 165 Å². The number of hydrogen-bond acceptors (Lipinski definition) is 5. The number of methoxy groups -OCH3 is 2. The number of nitrogens with one attached hydrogen (secondary N) is 2. The van der Waals surface area contributed by atoms with E-state index in [1.54, 1.807) is 14.2 Å². The number of rotatable bonds is 8. The fourth-order valence-electron chi connectivity index (χ4n) is 3.17. The molecule has 3 rings (SSSR count). The fraction of sp³-hybridized carbons (Fsp3) is 0.318. The molecule has 0 unspecified atom stereocenters. The molecule has 0 aliphatic carbocycles. The van der Waals surface area contributed by atoms with Gasteiger partial charge in [-0.25, -0.2) is 0 Å². The topological polar surface area (TPSA) is 68.8 Å². The van der Waals surface area contributed by atoms with Gasteiger partial charge < -0.3 is 24.8 Å². The average Bonchev–Trinajstić information content (AvgIpc) is 3.21. The molecule has 0 bridgehead atoms. The predicted octanol–water partition coefficient (Wildman–Crippen LogP) is 3.01. The maximum atomic E-state index is 12.6. The lowest BCUT2D eigenvalue weighted by Gasteiger charge is -2.10. The van der Waals surface area contributed by atoms with E-state index in [1.165, 1.54) is 5.56 Å². The third-order valence-electron chi connectivity index (χ3n) is 4.64. The Hall–Kier alpha value is -3.15. The lowest BCUT2D eigenvalue weighted by molar-refractivity contribution is -0.117. The van der Waals surface area contributed by atoms with Crippen molar-refractivity contribution in [3.63, 3.8) is 0 Å². The second-order valence-electron chi connectivity index (χ2n) is 6.56. The standard InChI is InChI=1S/C22H26N2O4/c1-15-12-17(9-10-19(15)27-3)21-20(24-14-28-21)22(25)23-11-5-7-16-6-4-8-18(13-16)26-2/h4,6,8-10,12-13,24H,5,7,11,14H2,1-3H3,(H,23,25). The summed E-state index contributed by atoms with van der Waals surface area (Å²) in [6.07, 6.45) is 1.70. The average molecular weight is 382 g/mol. The molecule has 1 heterocycles. The summed E-state index contributed by atoms with van der Waals surface area (Å²) >= 11 is 0. The van der Waals surface area contributed by atoms with E-state index in [2.05, 4.69) is 16.7 Å². The van der Waals surface area contributed by atoms with E-state index < -0.39 is 0 Å². The zero-order valence-electron chi connectivity index (χ0n) is 16.5. The second kappa shape index (κ2) is 9.17. The first-order valence-electron chi connectivity index (χ1n) is 9.29. The Morgan fingerprint density at radius 1 is 1.18 bits per heavy atom. The molecule has 148 valence electrons. The second-order valence-corrected chi connectivity index (χ2v) is 6.56. The van der Waals surface area contributed by atoms with Crippen LogP contribution in [0.5, 0.6) is 11.5 Å². The first kappa shape index (κ1) is 19.6. The quantitative estimate of drug-likeness (QED) is 0.687. The zero-order chi connectivity index (χ0) is 19.9. The molecule has 0 spiro atoms. The molecule has 1 aliphatic heterocycles. The van der Waals surface area contributed by atoms with Gasteiger partial charge in [-0.2, -0.15) is 0 Å². The molecule has 1 aliphatic rings. The van der Waals surface area contributed by atoms with Gasteiger partial charge in [0.2, 0.25) is 0 Å². The van der Waals surface area contributed by atoms with Crippen LogP contribution in [0.2, 0.25) is 0 Å². The van der Waals surface area contributed by atoms with Crippen LogP contribution in [0.25, 0.3) is 5.76 Å². The predicted molar refractivity (Wildman–Crippen MR) is 108 cm³/mol. The molecule has 0 aromatic heterocycles. The number of hydrogen-bond donors (Lipinski definition) is 2. The highest BCUT2D eigenvalue weighted by Crippen LogP contribution is 2.27. The molecule has 2 N–H and O–H groups in total. The number of aryl methyl sites for hydroxylation is 2. The van der Waals surface area contributed by atoms with Crippen molar-refractivity contribution in [1.29, 1.82) is 0 Å². The SMILES string of the molecule is COc1cccc(CCCNC(=O)C2=C(c3ccc(OC)c(C)c3)OCN2)c1. The van der Waals surface area contributed by atoms with Crippen LogP contribution in [0.1, 0.15) is 23.1 Å². The molecule has 0 atom stereocenters. The molecule has 0 radical (unpaired) electrons. The summed E-state index contributed by atoms with van der Waals surface area (Å²) < 4.78 is 16.2. The van der Waals surface area contributed by atoms with Crippen molar-refractivity contribution in [1.82, 2.24) is 10.6 Å². The van der Waals surface area contributed by atoms with Gasteiger partial charge in [0, 0.05) is 12.1 Å². The first-order valence-corrected chi connectivity index (χ1v) is 9.29. The summed E-state index contributed by atoms with van der Waals surface area (Å²) in [5.74, 6) is 2.06. The van der Waals surface area contributed by atoms with Crippen LogP contribution in [0, 0.1) is 6.92 Å². The molecule has 6 heteroatoms. The summed E-state index contributed by atoms with van der Waals surface area (Å²) in [6.45, 7) is 2.83. The van der Waals surface area contributed by atoms with Crippen LogP contribution in [-0.2, 0) is 16.0 Å². The summed E-state index contributed by atoms with van der Waals surface area (Å²) in [5, 5.41) is 5.99. The third kappa shape index (κ3) is 4.57. The van der Waals surface area contributed by atoms with Crippen molar-refractivity contribution < 1.29 is 19.0 Å². The Bertz CT molecular complexity index is 877. The molecule has 2 aromatic rings. The summed E-state index contributed by atoms with van der Waals surface area (Å²) in [7, 11) is 3.30. The molecular formula is C22H26N2O4. The molecule has 2 aromatic carbocycles. The van der Waals surface area contributed by atoms with Crippen LogP contribution in [0.3, 0.4) is 0 Å². The van der Waals surface area contributed by atoms with Crippen molar-refractivity contribution in [2.45, 2.75) is 19.8 Å². The Balaban J connectivity index is 1.59. The maximum Gasteiger partial charge on any atom is 0.271 e. The fourth-order valence-corrected chi connectivity index (χ4v) is 3.17. The van der Waals surface area contributed by atoms with Crippen molar-refractivity contribution in [3.05, 3.63) is 64.9 Å². The lowest BCUT2D eigenvalue weighted by Crippen LogP contribution is -2.31. The van der Waals surface area contributed by atoms with Gasteiger partial charge in [-0.05, 0) is 61.2 Å². The van der Waals surface area contributed by atoms with Crippen LogP contribution in [0.4, 0.5) is 0 Å². The number of ether oxygens (including phenoxy) is 3. The van der Waals surface area contributed by atoms with Gasteiger partial charge in [0.25, 0.3) is 5.91 Å². The van der Waals surface area contributed by atoms with Crippen molar-refractivity contribution >= 4 is 11.7 Å². The van der Waals surface area contributed by atoms with E-state index in [4.69, 9.17) is 14.2 Å². The normalized spacial score (nSPS) is 13.0. The molecule has 0 fully saturated rings. The van der Waals surface area contributed by atoms with E-state index in [0.29, 0.717) is 18.0 Å². The van der Waals surface area contributed by atoms with Crippen LogP contribution >= 0.6 is 0 Å². The minimum atomic E-state index is -0.161. The minimum Gasteiger partial charge on any atom is -0.497 e. The van der Waals surface area contributed by atoms with Gasteiger partial charge in [-0.15, -0.1) is 0 Å². The van der Waals surface area contributed by atoms with E-state index >= 15 is 0 Å². The number of carbonyl (C=O) groups excluding carboxylic acids is 1. The summed E-state index contributed by atoms with van der Waals surface area (Å²) in [6, 6.07) is 13.7. The molecular weight excluding hydrogens is 356 g/mol. The lowest BCUT2D eigenvalue weighted by atomic mass is 10.1. The highest BCUT2D eigenvalue weighted by Gasteiger charge is 2.23.